The quantitative estimate of drug-likeness (QED) is 0.891. The highest BCUT2D eigenvalue weighted by atomic mass is 16.4. The summed E-state index contributed by atoms with van der Waals surface area (Å²) in [6, 6.07) is 6.34. The van der Waals surface area contributed by atoms with Crippen LogP contribution in [0.4, 0.5) is 5.69 Å². The van der Waals surface area contributed by atoms with Gasteiger partial charge in [-0.3, -0.25) is 4.79 Å². The molecule has 1 amide bonds. The number of aromatic carboxylic acids is 1. The van der Waals surface area contributed by atoms with Crippen molar-refractivity contribution in [2.75, 3.05) is 18.5 Å². The molecule has 0 atom stereocenters. The van der Waals surface area contributed by atoms with E-state index in [1.54, 1.807) is 24.1 Å². The van der Waals surface area contributed by atoms with Gasteiger partial charge in [0.1, 0.15) is 0 Å². The predicted molar refractivity (Wildman–Crippen MR) is 81.4 cm³/mol. The van der Waals surface area contributed by atoms with E-state index in [2.05, 4.69) is 0 Å². The standard InChI is InChI=1S/C16H22N2O3/c1-18(13-7-5-12(6-8-13)14(19)20)15(21)16(11-17)9-3-2-4-10-16/h5-8H,2-4,9-11,17H2,1H3,(H,19,20). The summed E-state index contributed by atoms with van der Waals surface area (Å²) in [4.78, 5) is 25.3. The first-order chi connectivity index (χ1) is 10.00. The van der Waals surface area contributed by atoms with Crippen LogP contribution in [0.3, 0.4) is 0 Å². The van der Waals surface area contributed by atoms with Crippen molar-refractivity contribution in [2.45, 2.75) is 32.1 Å². The van der Waals surface area contributed by atoms with Gasteiger partial charge >= 0.3 is 5.97 Å². The van der Waals surface area contributed by atoms with Gasteiger partial charge in [-0.05, 0) is 37.1 Å². The summed E-state index contributed by atoms with van der Waals surface area (Å²) in [6.07, 6.45) is 4.90. The summed E-state index contributed by atoms with van der Waals surface area (Å²) in [7, 11) is 1.73. The molecule has 5 heteroatoms. The van der Waals surface area contributed by atoms with Crippen molar-refractivity contribution in [3.63, 3.8) is 0 Å². The first-order valence-electron chi connectivity index (χ1n) is 7.32. The van der Waals surface area contributed by atoms with Gasteiger partial charge in [0.2, 0.25) is 5.91 Å². The minimum absolute atomic E-state index is 0.0350. The number of carbonyl (C=O) groups is 2. The largest absolute Gasteiger partial charge is 0.478 e. The van der Waals surface area contributed by atoms with Crippen molar-refractivity contribution < 1.29 is 14.7 Å². The highest BCUT2D eigenvalue weighted by molar-refractivity contribution is 5.98. The van der Waals surface area contributed by atoms with E-state index in [1.165, 1.54) is 12.1 Å². The first kappa shape index (κ1) is 15.5. The van der Waals surface area contributed by atoms with Gasteiger partial charge in [-0.25, -0.2) is 4.79 Å². The number of rotatable bonds is 4. The fourth-order valence-electron chi connectivity index (χ4n) is 3.03. The lowest BCUT2D eigenvalue weighted by atomic mass is 9.73. The average molecular weight is 290 g/mol. The molecule has 3 N–H and O–H groups in total. The third-order valence-electron chi connectivity index (χ3n) is 4.46. The van der Waals surface area contributed by atoms with E-state index in [4.69, 9.17) is 10.8 Å². The molecule has 0 aliphatic heterocycles. The number of nitrogens with two attached hydrogens (primary N) is 1. The molecule has 1 aliphatic carbocycles. The summed E-state index contributed by atoms with van der Waals surface area (Å²) in [6.45, 7) is 0.364. The van der Waals surface area contributed by atoms with Crippen LogP contribution in [0.15, 0.2) is 24.3 Å². The Morgan fingerprint density at radius 2 is 1.76 bits per heavy atom. The van der Waals surface area contributed by atoms with E-state index in [0.717, 1.165) is 32.1 Å². The molecule has 2 rings (SSSR count). The van der Waals surface area contributed by atoms with E-state index in [-0.39, 0.29) is 11.5 Å². The maximum absolute atomic E-state index is 12.8. The van der Waals surface area contributed by atoms with Crippen molar-refractivity contribution in [3.05, 3.63) is 29.8 Å². The fraction of sp³-hybridized carbons (Fsp3) is 0.500. The summed E-state index contributed by atoms with van der Waals surface area (Å²) in [5.74, 6) is -0.936. The highest BCUT2D eigenvalue weighted by Gasteiger charge is 2.40. The van der Waals surface area contributed by atoms with Crippen LogP contribution in [0.1, 0.15) is 42.5 Å². The number of carbonyl (C=O) groups excluding carboxylic acids is 1. The van der Waals surface area contributed by atoms with Crippen LogP contribution < -0.4 is 10.6 Å². The van der Waals surface area contributed by atoms with Gasteiger partial charge in [0.25, 0.3) is 0 Å². The molecule has 0 unspecified atom stereocenters. The molecule has 0 heterocycles. The lowest BCUT2D eigenvalue weighted by Gasteiger charge is -2.37. The molecule has 0 bridgehead atoms. The summed E-state index contributed by atoms with van der Waals surface area (Å²) >= 11 is 0. The number of carboxylic acids is 1. The van der Waals surface area contributed by atoms with E-state index < -0.39 is 11.4 Å². The number of nitrogens with zero attached hydrogens (tertiary/aromatic N) is 1. The van der Waals surface area contributed by atoms with Gasteiger partial charge < -0.3 is 15.7 Å². The number of benzene rings is 1. The van der Waals surface area contributed by atoms with Crippen molar-refractivity contribution in [3.8, 4) is 0 Å². The van der Waals surface area contributed by atoms with Gasteiger partial charge in [0.05, 0.1) is 11.0 Å². The zero-order valence-corrected chi connectivity index (χ0v) is 12.3. The maximum atomic E-state index is 12.8. The lowest BCUT2D eigenvalue weighted by Crippen LogP contribution is -2.48. The monoisotopic (exact) mass is 290 g/mol. The fourth-order valence-corrected chi connectivity index (χ4v) is 3.03. The van der Waals surface area contributed by atoms with E-state index >= 15 is 0 Å². The topological polar surface area (TPSA) is 83.6 Å². The van der Waals surface area contributed by atoms with E-state index in [1.807, 2.05) is 0 Å². The molecule has 1 aliphatic rings. The number of hydrogen-bond donors (Lipinski definition) is 2. The highest BCUT2D eigenvalue weighted by Crippen LogP contribution is 2.37. The number of amides is 1. The van der Waals surface area contributed by atoms with E-state index in [9.17, 15) is 9.59 Å². The van der Waals surface area contributed by atoms with Crippen molar-refractivity contribution >= 4 is 17.6 Å². The summed E-state index contributed by atoms with van der Waals surface area (Å²) < 4.78 is 0. The molecular formula is C16H22N2O3. The Bertz CT molecular complexity index is 519. The number of carboxylic acid groups (broad SMARTS) is 1. The Kier molecular flexibility index (Phi) is 4.63. The van der Waals surface area contributed by atoms with Crippen LogP contribution in [0.5, 0.6) is 0 Å². The van der Waals surface area contributed by atoms with Gasteiger partial charge in [0.15, 0.2) is 0 Å². The van der Waals surface area contributed by atoms with Crippen LogP contribution in [0.2, 0.25) is 0 Å². The van der Waals surface area contributed by atoms with Gasteiger partial charge in [-0.2, -0.15) is 0 Å². The second-order valence-corrected chi connectivity index (χ2v) is 5.76. The van der Waals surface area contributed by atoms with Gasteiger partial charge in [-0.1, -0.05) is 19.3 Å². The number of anilines is 1. The van der Waals surface area contributed by atoms with Crippen LogP contribution >= 0.6 is 0 Å². The Hall–Kier alpha value is -1.88. The Morgan fingerprint density at radius 3 is 2.24 bits per heavy atom. The molecule has 1 saturated carbocycles. The molecule has 1 aromatic rings. The zero-order chi connectivity index (χ0) is 15.5. The molecule has 1 fully saturated rings. The second kappa shape index (κ2) is 6.26. The summed E-state index contributed by atoms with van der Waals surface area (Å²) in [5.41, 5.74) is 6.35. The maximum Gasteiger partial charge on any atom is 0.335 e. The first-order valence-corrected chi connectivity index (χ1v) is 7.32. The van der Waals surface area contributed by atoms with Crippen LogP contribution in [-0.4, -0.2) is 30.6 Å². The predicted octanol–water partition coefficient (Wildman–Crippen LogP) is 2.26. The Balaban J connectivity index is 2.19. The molecule has 114 valence electrons. The summed E-state index contributed by atoms with van der Waals surface area (Å²) in [5, 5.41) is 8.91. The normalized spacial score (nSPS) is 17.2. The van der Waals surface area contributed by atoms with Crippen LogP contribution in [0, 0.1) is 5.41 Å². The third-order valence-corrected chi connectivity index (χ3v) is 4.46. The molecule has 0 radical (unpaired) electrons. The van der Waals surface area contributed by atoms with Gasteiger partial charge in [-0.15, -0.1) is 0 Å². The van der Waals surface area contributed by atoms with Crippen molar-refractivity contribution in [2.24, 2.45) is 11.1 Å². The molecular weight excluding hydrogens is 268 g/mol. The minimum atomic E-state index is -0.971. The van der Waals surface area contributed by atoms with Crippen molar-refractivity contribution in [1.82, 2.24) is 0 Å². The van der Waals surface area contributed by atoms with Crippen LogP contribution in [-0.2, 0) is 4.79 Å². The SMILES string of the molecule is CN(C(=O)C1(CN)CCCCC1)c1ccc(C(=O)O)cc1. The number of hydrogen-bond acceptors (Lipinski definition) is 3. The average Bonchev–Trinajstić information content (AvgIpc) is 2.54. The Morgan fingerprint density at radius 1 is 1.19 bits per heavy atom. The second-order valence-electron chi connectivity index (χ2n) is 5.76. The minimum Gasteiger partial charge on any atom is -0.478 e. The third kappa shape index (κ3) is 3.08. The smallest absolute Gasteiger partial charge is 0.335 e. The molecule has 5 nitrogen and oxygen atoms in total. The van der Waals surface area contributed by atoms with E-state index in [0.29, 0.717) is 12.2 Å². The van der Waals surface area contributed by atoms with Gasteiger partial charge in [0, 0.05) is 19.3 Å². The van der Waals surface area contributed by atoms with Crippen LogP contribution in [0.25, 0.3) is 0 Å². The molecule has 0 spiro atoms. The molecule has 1 aromatic carbocycles. The molecule has 0 saturated heterocycles. The molecule has 21 heavy (non-hydrogen) atoms. The lowest BCUT2D eigenvalue weighted by molar-refractivity contribution is -0.129. The van der Waals surface area contributed by atoms with Crippen molar-refractivity contribution in [1.29, 1.82) is 0 Å². The molecule has 0 aromatic heterocycles. The zero-order valence-electron chi connectivity index (χ0n) is 12.3. The Labute approximate surface area is 124 Å².